The molecule has 0 spiro atoms. The van der Waals surface area contributed by atoms with Gasteiger partial charge in [-0.25, -0.2) is 0 Å². The van der Waals surface area contributed by atoms with E-state index >= 15 is 0 Å². The summed E-state index contributed by atoms with van der Waals surface area (Å²) in [5, 5.41) is 11.7. The second-order valence-corrected chi connectivity index (χ2v) is 4.56. The molecule has 2 aromatic carbocycles. The van der Waals surface area contributed by atoms with Gasteiger partial charge in [0.25, 0.3) is 0 Å². The summed E-state index contributed by atoms with van der Waals surface area (Å²) in [6.07, 6.45) is 1.07. The first kappa shape index (κ1) is 11.6. The van der Waals surface area contributed by atoms with Crippen LogP contribution in [-0.4, -0.2) is 17.6 Å². The maximum absolute atomic E-state index is 8.65. The van der Waals surface area contributed by atoms with Crippen molar-refractivity contribution in [2.45, 2.75) is 6.42 Å². The Balaban J connectivity index is 1.92. The lowest BCUT2D eigenvalue weighted by Gasteiger charge is -2.19. The van der Waals surface area contributed by atoms with E-state index < -0.39 is 0 Å². The van der Waals surface area contributed by atoms with Crippen molar-refractivity contribution in [1.29, 1.82) is 0 Å². The minimum atomic E-state index is 0.133. The predicted octanol–water partition coefficient (Wildman–Crippen LogP) is 2.48. The van der Waals surface area contributed by atoms with Gasteiger partial charge in [0.1, 0.15) is 0 Å². The summed E-state index contributed by atoms with van der Waals surface area (Å²) in [6.45, 7) is 0.988. The topological polar surface area (TPSA) is 61.9 Å². The molecule has 0 aliphatic carbocycles. The van der Waals surface area contributed by atoms with Gasteiger partial charge in [0, 0.05) is 23.5 Å². The van der Waals surface area contributed by atoms with Crippen LogP contribution >= 0.6 is 0 Å². The number of fused-ring (bicyclic) bond motifs is 1. The highest BCUT2D eigenvalue weighted by Gasteiger charge is 2.19. The van der Waals surface area contributed by atoms with Gasteiger partial charge in [0.15, 0.2) is 5.84 Å². The molecule has 19 heavy (non-hydrogen) atoms. The smallest absolute Gasteiger partial charge is 0.170 e. The van der Waals surface area contributed by atoms with Crippen LogP contribution in [0, 0.1) is 0 Å². The van der Waals surface area contributed by atoms with Gasteiger partial charge in [0.05, 0.1) is 0 Å². The minimum Gasteiger partial charge on any atom is -0.409 e. The molecule has 1 aliphatic rings. The Hall–Kier alpha value is -2.49. The number of anilines is 2. The Morgan fingerprint density at radius 1 is 1.11 bits per heavy atom. The molecular formula is C15H15N3O. The fourth-order valence-electron chi connectivity index (χ4n) is 2.48. The molecule has 3 N–H and O–H groups in total. The van der Waals surface area contributed by atoms with Crippen LogP contribution in [0.25, 0.3) is 0 Å². The monoisotopic (exact) mass is 253 g/mol. The van der Waals surface area contributed by atoms with Crippen molar-refractivity contribution in [1.82, 2.24) is 0 Å². The summed E-state index contributed by atoms with van der Waals surface area (Å²) in [5.41, 5.74) is 10.0. The lowest BCUT2D eigenvalue weighted by atomic mass is 10.1. The molecule has 4 nitrogen and oxygen atoms in total. The first-order valence-electron chi connectivity index (χ1n) is 6.23. The zero-order chi connectivity index (χ0) is 13.2. The molecule has 0 saturated carbocycles. The Labute approximate surface area is 111 Å². The maximum Gasteiger partial charge on any atom is 0.170 e. The van der Waals surface area contributed by atoms with E-state index in [1.165, 1.54) is 11.3 Å². The molecule has 0 fully saturated rings. The third-order valence-corrected chi connectivity index (χ3v) is 3.47. The van der Waals surface area contributed by atoms with Crippen LogP contribution in [0.2, 0.25) is 0 Å². The van der Waals surface area contributed by atoms with E-state index in [9.17, 15) is 0 Å². The number of hydrogen-bond donors (Lipinski definition) is 2. The van der Waals surface area contributed by atoms with Gasteiger partial charge in [0.2, 0.25) is 0 Å². The molecular weight excluding hydrogens is 238 g/mol. The summed E-state index contributed by atoms with van der Waals surface area (Å²) in [7, 11) is 0. The summed E-state index contributed by atoms with van der Waals surface area (Å²) in [4.78, 5) is 2.28. The van der Waals surface area contributed by atoms with Gasteiger partial charge < -0.3 is 15.8 Å². The Morgan fingerprint density at radius 2 is 1.84 bits per heavy atom. The van der Waals surface area contributed by atoms with E-state index in [1.54, 1.807) is 0 Å². The normalized spacial score (nSPS) is 14.5. The van der Waals surface area contributed by atoms with Gasteiger partial charge in [-0.1, -0.05) is 23.4 Å². The number of para-hydroxylation sites is 1. The number of nitrogens with zero attached hydrogens (tertiary/aromatic N) is 2. The lowest BCUT2D eigenvalue weighted by Crippen LogP contribution is -2.15. The third-order valence-electron chi connectivity index (χ3n) is 3.47. The fraction of sp³-hybridized carbons (Fsp3) is 0.133. The van der Waals surface area contributed by atoms with Crippen molar-refractivity contribution in [3.63, 3.8) is 0 Å². The molecule has 0 amide bonds. The van der Waals surface area contributed by atoms with Crippen LogP contribution in [-0.2, 0) is 6.42 Å². The lowest BCUT2D eigenvalue weighted by molar-refractivity contribution is 0.318. The van der Waals surface area contributed by atoms with Crippen LogP contribution in [0.15, 0.2) is 53.7 Å². The van der Waals surface area contributed by atoms with Crippen molar-refractivity contribution in [2.75, 3.05) is 11.4 Å². The molecule has 0 saturated heterocycles. The molecule has 4 heteroatoms. The molecule has 0 bridgehead atoms. The van der Waals surface area contributed by atoms with Gasteiger partial charge >= 0.3 is 0 Å². The number of rotatable bonds is 2. The minimum absolute atomic E-state index is 0.133. The van der Waals surface area contributed by atoms with E-state index in [-0.39, 0.29) is 5.84 Å². The van der Waals surface area contributed by atoms with E-state index in [4.69, 9.17) is 10.9 Å². The first-order valence-corrected chi connectivity index (χ1v) is 6.23. The molecule has 0 radical (unpaired) electrons. The average Bonchev–Trinajstić information content (AvgIpc) is 2.90. The number of oxime groups is 1. The molecule has 0 unspecified atom stereocenters. The first-order chi connectivity index (χ1) is 9.29. The van der Waals surface area contributed by atoms with Crippen LogP contribution in [0.1, 0.15) is 11.1 Å². The summed E-state index contributed by atoms with van der Waals surface area (Å²) in [6, 6.07) is 16.2. The Bertz CT molecular complexity index is 620. The predicted molar refractivity (Wildman–Crippen MR) is 76.1 cm³/mol. The third kappa shape index (κ3) is 2.01. The maximum atomic E-state index is 8.65. The molecule has 2 aromatic rings. The number of hydrogen-bond acceptors (Lipinski definition) is 3. The van der Waals surface area contributed by atoms with Crippen molar-refractivity contribution >= 4 is 17.2 Å². The molecule has 96 valence electrons. The Morgan fingerprint density at radius 3 is 2.58 bits per heavy atom. The van der Waals surface area contributed by atoms with E-state index in [0.717, 1.165) is 24.2 Å². The van der Waals surface area contributed by atoms with Crippen LogP contribution in [0.5, 0.6) is 0 Å². The quantitative estimate of drug-likeness (QED) is 0.374. The standard InChI is InChI=1S/C15H15N3O/c16-15(17-19)12-5-7-13(8-6-12)18-10-9-11-3-1-2-4-14(11)18/h1-8,19H,9-10H2,(H2,16,17). The number of amidine groups is 1. The highest BCUT2D eigenvalue weighted by atomic mass is 16.4. The van der Waals surface area contributed by atoms with Gasteiger partial charge in [-0.05, 0) is 42.3 Å². The highest BCUT2D eigenvalue weighted by Crippen LogP contribution is 2.34. The van der Waals surface area contributed by atoms with Crippen LogP contribution < -0.4 is 10.6 Å². The average molecular weight is 253 g/mol. The SMILES string of the molecule is N/C(=N\O)c1ccc(N2CCc3ccccc32)cc1. The van der Waals surface area contributed by atoms with E-state index in [1.807, 2.05) is 24.3 Å². The number of nitrogens with two attached hydrogens (primary N) is 1. The van der Waals surface area contributed by atoms with Gasteiger partial charge in [-0.2, -0.15) is 0 Å². The molecule has 1 aliphatic heterocycles. The summed E-state index contributed by atoms with van der Waals surface area (Å²) >= 11 is 0. The number of benzene rings is 2. The zero-order valence-corrected chi connectivity index (χ0v) is 10.5. The molecule has 0 atom stereocenters. The van der Waals surface area contributed by atoms with Crippen molar-refractivity contribution in [3.8, 4) is 0 Å². The highest BCUT2D eigenvalue weighted by molar-refractivity contribution is 5.97. The van der Waals surface area contributed by atoms with Gasteiger partial charge in [-0.15, -0.1) is 0 Å². The van der Waals surface area contributed by atoms with E-state index in [2.05, 4.69) is 34.3 Å². The zero-order valence-electron chi connectivity index (χ0n) is 10.5. The second kappa shape index (κ2) is 4.65. The van der Waals surface area contributed by atoms with Crippen molar-refractivity contribution < 1.29 is 5.21 Å². The molecule has 0 aromatic heterocycles. The molecule has 1 heterocycles. The fourth-order valence-corrected chi connectivity index (χ4v) is 2.48. The van der Waals surface area contributed by atoms with Gasteiger partial charge in [-0.3, -0.25) is 0 Å². The summed E-state index contributed by atoms with van der Waals surface area (Å²) < 4.78 is 0. The second-order valence-electron chi connectivity index (χ2n) is 4.56. The largest absolute Gasteiger partial charge is 0.409 e. The van der Waals surface area contributed by atoms with E-state index in [0.29, 0.717) is 0 Å². The van der Waals surface area contributed by atoms with Crippen molar-refractivity contribution in [3.05, 3.63) is 59.7 Å². The Kier molecular flexibility index (Phi) is 2.83. The van der Waals surface area contributed by atoms with Crippen molar-refractivity contribution in [2.24, 2.45) is 10.9 Å². The van der Waals surface area contributed by atoms with Crippen LogP contribution in [0.3, 0.4) is 0 Å². The molecule has 3 rings (SSSR count). The summed E-state index contributed by atoms with van der Waals surface area (Å²) in [5.74, 6) is 0.133. The van der Waals surface area contributed by atoms with Crippen LogP contribution in [0.4, 0.5) is 11.4 Å².